The van der Waals surface area contributed by atoms with Crippen LogP contribution in [-0.4, -0.2) is 12.1 Å². The second-order valence-electron chi connectivity index (χ2n) is 5.09. The maximum atomic E-state index is 12.1. The number of hydrazone groups is 1. The van der Waals surface area contributed by atoms with Gasteiger partial charge in [-0.15, -0.1) is 0 Å². The van der Waals surface area contributed by atoms with E-state index in [1.54, 1.807) is 12.3 Å². The molecule has 0 atom stereocenters. The molecule has 0 aliphatic carbocycles. The number of rotatable bonds is 4. The molecule has 1 N–H and O–H groups in total. The molecule has 0 fully saturated rings. The van der Waals surface area contributed by atoms with Crippen LogP contribution in [0.2, 0.25) is 0 Å². The lowest BCUT2D eigenvalue weighted by Crippen LogP contribution is -2.16. The molecule has 1 aromatic heterocycles. The molecule has 0 saturated heterocycles. The smallest absolute Gasteiger partial charge is 0.307 e. The Hall–Kier alpha value is -2.40. The summed E-state index contributed by atoms with van der Waals surface area (Å²) >= 11 is 3.39. The van der Waals surface area contributed by atoms with E-state index in [0.717, 1.165) is 21.8 Å². The highest BCUT2D eigenvalue weighted by atomic mass is 79.9. The first-order valence-electron chi connectivity index (χ1n) is 7.27. The van der Waals surface area contributed by atoms with Gasteiger partial charge in [0.25, 0.3) is 0 Å². The van der Waals surface area contributed by atoms with Crippen LogP contribution < -0.4 is 5.43 Å². The highest BCUT2D eigenvalue weighted by Crippen LogP contribution is 2.23. The van der Waals surface area contributed by atoms with Crippen LogP contribution in [0.15, 0.2) is 62.5 Å². The summed E-state index contributed by atoms with van der Waals surface area (Å²) in [6.45, 7) is 2.11. The van der Waals surface area contributed by atoms with Crippen molar-refractivity contribution in [2.45, 2.75) is 13.3 Å². The molecule has 5 heteroatoms. The SMILES string of the molecule is CCc1ccc(/C=N/NC(=O)c2cc3cc(Br)ccc3o2)cc1. The van der Waals surface area contributed by atoms with E-state index in [2.05, 4.69) is 33.4 Å². The zero-order valence-corrected chi connectivity index (χ0v) is 14.1. The van der Waals surface area contributed by atoms with E-state index in [1.807, 2.05) is 42.5 Å². The Balaban J connectivity index is 1.68. The number of benzene rings is 2. The molecule has 4 nitrogen and oxygen atoms in total. The number of fused-ring (bicyclic) bond motifs is 1. The molecule has 1 heterocycles. The molecule has 1 amide bonds. The predicted octanol–water partition coefficient (Wildman–Crippen LogP) is 4.52. The lowest BCUT2D eigenvalue weighted by Gasteiger charge is -1.97. The molecule has 0 aliphatic heterocycles. The summed E-state index contributed by atoms with van der Waals surface area (Å²) in [6, 6.07) is 15.3. The number of nitrogens with one attached hydrogen (secondary N) is 1. The Labute approximate surface area is 142 Å². The van der Waals surface area contributed by atoms with Crippen molar-refractivity contribution >= 4 is 39.0 Å². The van der Waals surface area contributed by atoms with E-state index in [0.29, 0.717) is 5.58 Å². The fourth-order valence-corrected chi connectivity index (χ4v) is 2.56. The van der Waals surface area contributed by atoms with Crippen LogP contribution in [0, 0.1) is 0 Å². The van der Waals surface area contributed by atoms with Gasteiger partial charge in [-0.1, -0.05) is 47.1 Å². The normalized spacial score (nSPS) is 11.2. The van der Waals surface area contributed by atoms with Gasteiger partial charge in [-0.3, -0.25) is 4.79 Å². The highest BCUT2D eigenvalue weighted by Gasteiger charge is 2.11. The van der Waals surface area contributed by atoms with Gasteiger partial charge < -0.3 is 4.42 Å². The van der Waals surface area contributed by atoms with Gasteiger partial charge in [0.15, 0.2) is 5.76 Å². The van der Waals surface area contributed by atoms with Gasteiger partial charge in [0.1, 0.15) is 5.58 Å². The molecule has 0 spiro atoms. The summed E-state index contributed by atoms with van der Waals surface area (Å²) in [5.74, 6) is -0.143. The van der Waals surface area contributed by atoms with Crippen LogP contribution in [0.4, 0.5) is 0 Å². The van der Waals surface area contributed by atoms with Gasteiger partial charge in [-0.05, 0) is 41.8 Å². The second kappa shape index (κ2) is 6.79. The first-order valence-corrected chi connectivity index (χ1v) is 8.06. The van der Waals surface area contributed by atoms with Gasteiger partial charge in [0.05, 0.1) is 6.21 Å². The first kappa shape index (κ1) is 15.5. The summed E-state index contributed by atoms with van der Waals surface area (Å²) in [7, 11) is 0. The van der Waals surface area contributed by atoms with Crippen LogP contribution >= 0.6 is 15.9 Å². The summed E-state index contributed by atoms with van der Waals surface area (Å²) in [6.07, 6.45) is 2.60. The fraction of sp³-hybridized carbons (Fsp3) is 0.111. The molecule has 0 unspecified atom stereocenters. The Bertz CT molecular complexity index is 866. The highest BCUT2D eigenvalue weighted by molar-refractivity contribution is 9.10. The van der Waals surface area contributed by atoms with Gasteiger partial charge in [-0.2, -0.15) is 5.10 Å². The molecular formula is C18H15BrN2O2. The van der Waals surface area contributed by atoms with Crippen molar-refractivity contribution in [2.75, 3.05) is 0 Å². The van der Waals surface area contributed by atoms with Crippen molar-refractivity contribution in [1.29, 1.82) is 0 Å². The third-order valence-electron chi connectivity index (χ3n) is 3.47. The van der Waals surface area contributed by atoms with Crippen molar-refractivity contribution < 1.29 is 9.21 Å². The number of aryl methyl sites for hydroxylation is 1. The molecule has 0 saturated carbocycles. The average molecular weight is 371 g/mol. The van der Waals surface area contributed by atoms with Gasteiger partial charge >= 0.3 is 5.91 Å². The van der Waals surface area contributed by atoms with Crippen molar-refractivity contribution in [3.8, 4) is 0 Å². The van der Waals surface area contributed by atoms with E-state index in [-0.39, 0.29) is 11.7 Å². The Morgan fingerprint density at radius 1 is 1.22 bits per heavy atom. The van der Waals surface area contributed by atoms with Crippen LogP contribution in [0.3, 0.4) is 0 Å². The summed E-state index contributed by atoms with van der Waals surface area (Å²) in [5.41, 5.74) is 5.33. The molecule has 0 aliphatic rings. The minimum absolute atomic E-state index is 0.233. The van der Waals surface area contributed by atoms with E-state index in [9.17, 15) is 4.79 Å². The zero-order valence-electron chi connectivity index (χ0n) is 12.5. The van der Waals surface area contributed by atoms with E-state index in [4.69, 9.17) is 4.42 Å². The Morgan fingerprint density at radius 2 is 2.00 bits per heavy atom. The number of nitrogens with zero attached hydrogens (tertiary/aromatic N) is 1. The average Bonchev–Trinajstić information content (AvgIpc) is 2.98. The zero-order chi connectivity index (χ0) is 16.2. The van der Waals surface area contributed by atoms with Crippen LogP contribution in [0.25, 0.3) is 11.0 Å². The predicted molar refractivity (Wildman–Crippen MR) is 94.8 cm³/mol. The molecule has 23 heavy (non-hydrogen) atoms. The third-order valence-corrected chi connectivity index (χ3v) is 3.96. The van der Waals surface area contributed by atoms with Gasteiger partial charge in [0, 0.05) is 9.86 Å². The number of carbonyl (C=O) groups is 1. The largest absolute Gasteiger partial charge is 0.451 e. The fourth-order valence-electron chi connectivity index (χ4n) is 2.19. The monoisotopic (exact) mass is 370 g/mol. The maximum absolute atomic E-state index is 12.1. The van der Waals surface area contributed by atoms with Crippen molar-refractivity contribution in [2.24, 2.45) is 5.10 Å². The third kappa shape index (κ3) is 3.68. The van der Waals surface area contributed by atoms with Crippen LogP contribution in [0.5, 0.6) is 0 Å². The number of halogens is 1. The Morgan fingerprint density at radius 3 is 2.74 bits per heavy atom. The lowest BCUT2D eigenvalue weighted by atomic mass is 10.1. The number of carbonyl (C=O) groups excluding carboxylic acids is 1. The van der Waals surface area contributed by atoms with E-state index in [1.165, 1.54) is 5.56 Å². The molecule has 0 bridgehead atoms. The number of hydrogen-bond acceptors (Lipinski definition) is 3. The minimum atomic E-state index is -0.376. The molecule has 2 aromatic carbocycles. The van der Waals surface area contributed by atoms with Crippen LogP contribution in [0.1, 0.15) is 28.6 Å². The molecule has 0 radical (unpaired) electrons. The van der Waals surface area contributed by atoms with Gasteiger partial charge in [0.2, 0.25) is 0 Å². The standard InChI is InChI=1S/C18H15BrN2O2/c1-2-12-3-5-13(6-4-12)11-20-21-18(22)17-10-14-9-15(19)7-8-16(14)23-17/h3-11H,2H2,1H3,(H,21,22)/b20-11+. The van der Waals surface area contributed by atoms with Gasteiger partial charge in [-0.25, -0.2) is 5.43 Å². The first-order chi connectivity index (χ1) is 11.2. The lowest BCUT2D eigenvalue weighted by molar-refractivity contribution is 0.0929. The number of furan rings is 1. The molecule has 3 rings (SSSR count). The van der Waals surface area contributed by atoms with E-state index < -0.39 is 0 Å². The Kier molecular flexibility index (Phi) is 4.57. The topological polar surface area (TPSA) is 54.6 Å². The number of hydrogen-bond donors (Lipinski definition) is 1. The summed E-state index contributed by atoms with van der Waals surface area (Å²) in [4.78, 5) is 12.1. The molecule has 3 aromatic rings. The van der Waals surface area contributed by atoms with Crippen molar-refractivity contribution in [1.82, 2.24) is 5.43 Å². The minimum Gasteiger partial charge on any atom is -0.451 e. The van der Waals surface area contributed by atoms with E-state index >= 15 is 0 Å². The maximum Gasteiger partial charge on any atom is 0.307 e. The molecule has 116 valence electrons. The summed E-state index contributed by atoms with van der Waals surface area (Å²) < 4.78 is 6.45. The number of amides is 1. The van der Waals surface area contributed by atoms with Crippen molar-refractivity contribution in [3.05, 3.63) is 69.9 Å². The second-order valence-corrected chi connectivity index (χ2v) is 6.00. The molecular weight excluding hydrogens is 356 g/mol. The summed E-state index contributed by atoms with van der Waals surface area (Å²) in [5, 5.41) is 4.83. The quantitative estimate of drug-likeness (QED) is 0.542. The van der Waals surface area contributed by atoms with Crippen molar-refractivity contribution in [3.63, 3.8) is 0 Å². The van der Waals surface area contributed by atoms with Crippen LogP contribution in [-0.2, 0) is 6.42 Å².